The lowest BCUT2D eigenvalue weighted by Gasteiger charge is -2.34. The van der Waals surface area contributed by atoms with Crippen molar-refractivity contribution in [1.29, 1.82) is 0 Å². The molecule has 1 N–H and O–H groups in total. The van der Waals surface area contributed by atoms with Crippen LogP contribution in [0.5, 0.6) is 5.75 Å². The van der Waals surface area contributed by atoms with Gasteiger partial charge < -0.3 is 10.1 Å². The van der Waals surface area contributed by atoms with Gasteiger partial charge in [-0.25, -0.2) is 0 Å². The first-order valence-electron chi connectivity index (χ1n) is 9.15. The topological polar surface area (TPSA) is 56.2 Å². The lowest BCUT2D eigenvalue weighted by Crippen LogP contribution is -2.44. The van der Waals surface area contributed by atoms with Gasteiger partial charge in [-0.05, 0) is 30.4 Å². The number of aryl methyl sites for hydroxylation is 1. The molecule has 0 saturated heterocycles. The number of hydrogen-bond donors (Lipinski definition) is 1. The Morgan fingerprint density at radius 1 is 1.28 bits per heavy atom. The Morgan fingerprint density at radius 3 is 2.92 bits per heavy atom. The van der Waals surface area contributed by atoms with Gasteiger partial charge in [0.05, 0.1) is 5.69 Å². The standard InChI is InChI=1S/C20H25N3O2/c1-12-7-6-9-16(13(12)2)21-20(24)18-15-11-25-17-10-5-4-8-14(17)19(15)23(3)22-18/h4-5,8,10,12-13,16H,6-7,9,11H2,1-3H3,(H,21,24)/t12-,13-,16+/m1/s1. The second-order valence-electron chi connectivity index (χ2n) is 7.43. The van der Waals surface area contributed by atoms with E-state index in [1.165, 1.54) is 12.8 Å². The molecule has 1 aliphatic heterocycles. The van der Waals surface area contributed by atoms with Crippen LogP contribution in [0.4, 0.5) is 0 Å². The number of carbonyl (C=O) groups is 1. The highest BCUT2D eigenvalue weighted by molar-refractivity contribution is 5.96. The van der Waals surface area contributed by atoms with Crippen LogP contribution in [-0.2, 0) is 13.7 Å². The normalized spacial score (nSPS) is 24.8. The first-order valence-corrected chi connectivity index (χ1v) is 9.15. The highest BCUT2D eigenvalue weighted by Gasteiger charge is 2.32. The summed E-state index contributed by atoms with van der Waals surface area (Å²) >= 11 is 0. The van der Waals surface area contributed by atoms with Crippen LogP contribution in [0.15, 0.2) is 24.3 Å². The van der Waals surface area contributed by atoms with Gasteiger partial charge in [0.25, 0.3) is 5.91 Å². The maximum absolute atomic E-state index is 12.9. The summed E-state index contributed by atoms with van der Waals surface area (Å²) in [7, 11) is 1.89. The predicted octanol–water partition coefficient (Wildman–Crippen LogP) is 3.53. The van der Waals surface area contributed by atoms with Crippen molar-refractivity contribution < 1.29 is 9.53 Å². The van der Waals surface area contributed by atoms with Crippen LogP contribution in [-0.4, -0.2) is 21.7 Å². The summed E-state index contributed by atoms with van der Waals surface area (Å²) in [4.78, 5) is 12.9. The first-order chi connectivity index (χ1) is 12.1. The molecule has 0 spiro atoms. The molecule has 3 atom stereocenters. The molecular weight excluding hydrogens is 314 g/mol. The summed E-state index contributed by atoms with van der Waals surface area (Å²) < 4.78 is 7.65. The fourth-order valence-corrected chi connectivity index (χ4v) is 4.18. The van der Waals surface area contributed by atoms with E-state index in [4.69, 9.17) is 4.74 Å². The Balaban J connectivity index is 1.63. The number of nitrogens with zero attached hydrogens (tertiary/aromatic N) is 2. The van der Waals surface area contributed by atoms with Crippen molar-refractivity contribution in [2.45, 2.75) is 45.8 Å². The molecule has 1 amide bonds. The van der Waals surface area contributed by atoms with Crippen LogP contribution in [0.1, 0.15) is 49.2 Å². The predicted molar refractivity (Wildman–Crippen MR) is 96.4 cm³/mol. The highest BCUT2D eigenvalue weighted by Crippen LogP contribution is 2.38. The van der Waals surface area contributed by atoms with Gasteiger partial charge in [0, 0.05) is 24.2 Å². The van der Waals surface area contributed by atoms with Crippen LogP contribution in [0.2, 0.25) is 0 Å². The van der Waals surface area contributed by atoms with Gasteiger partial charge in [-0.3, -0.25) is 9.48 Å². The van der Waals surface area contributed by atoms with E-state index in [9.17, 15) is 4.79 Å². The van der Waals surface area contributed by atoms with Crippen LogP contribution in [0.25, 0.3) is 11.3 Å². The number of benzene rings is 1. The lowest BCUT2D eigenvalue weighted by atomic mass is 9.78. The van der Waals surface area contributed by atoms with E-state index in [1.807, 2.05) is 31.3 Å². The maximum Gasteiger partial charge on any atom is 0.272 e. The van der Waals surface area contributed by atoms with Crippen molar-refractivity contribution in [2.75, 3.05) is 0 Å². The molecule has 0 bridgehead atoms. The zero-order valence-corrected chi connectivity index (χ0v) is 15.1. The van der Waals surface area contributed by atoms with Crippen molar-refractivity contribution in [3.05, 3.63) is 35.5 Å². The van der Waals surface area contributed by atoms with E-state index in [1.54, 1.807) is 4.68 Å². The minimum Gasteiger partial charge on any atom is -0.488 e. The molecule has 25 heavy (non-hydrogen) atoms. The average Bonchev–Trinajstić information content (AvgIpc) is 2.96. The third kappa shape index (κ3) is 2.71. The minimum atomic E-state index is -0.0780. The molecule has 0 unspecified atom stereocenters. The van der Waals surface area contributed by atoms with E-state index in [-0.39, 0.29) is 11.9 Å². The van der Waals surface area contributed by atoms with Crippen LogP contribution in [0.3, 0.4) is 0 Å². The Labute approximate surface area is 148 Å². The molecule has 1 aromatic carbocycles. The summed E-state index contributed by atoms with van der Waals surface area (Å²) in [5.74, 6) is 1.91. The molecular formula is C20H25N3O2. The van der Waals surface area contributed by atoms with Crippen molar-refractivity contribution in [3.8, 4) is 17.0 Å². The lowest BCUT2D eigenvalue weighted by molar-refractivity contribution is 0.0882. The van der Waals surface area contributed by atoms with Gasteiger partial charge in [0.1, 0.15) is 12.4 Å². The van der Waals surface area contributed by atoms with Crippen LogP contribution in [0, 0.1) is 11.8 Å². The number of aromatic nitrogens is 2. The number of ether oxygens (including phenoxy) is 1. The zero-order chi connectivity index (χ0) is 17.6. The molecule has 4 rings (SSSR count). The second kappa shape index (κ2) is 6.21. The summed E-state index contributed by atoms with van der Waals surface area (Å²) in [5.41, 5.74) is 3.36. The average molecular weight is 339 g/mol. The number of carbonyl (C=O) groups excluding carboxylic acids is 1. The third-order valence-electron chi connectivity index (χ3n) is 5.90. The number of fused-ring (bicyclic) bond motifs is 3. The van der Waals surface area contributed by atoms with Crippen LogP contribution < -0.4 is 10.1 Å². The molecule has 1 fully saturated rings. The van der Waals surface area contributed by atoms with E-state index in [2.05, 4.69) is 24.3 Å². The zero-order valence-electron chi connectivity index (χ0n) is 15.1. The Bertz CT molecular complexity index is 811. The van der Waals surface area contributed by atoms with Gasteiger partial charge in [0.15, 0.2) is 5.69 Å². The Hall–Kier alpha value is -2.30. The molecule has 5 nitrogen and oxygen atoms in total. The molecule has 5 heteroatoms. The number of para-hydroxylation sites is 1. The molecule has 1 saturated carbocycles. The van der Waals surface area contributed by atoms with Crippen LogP contribution >= 0.6 is 0 Å². The largest absolute Gasteiger partial charge is 0.488 e. The highest BCUT2D eigenvalue weighted by atomic mass is 16.5. The first kappa shape index (κ1) is 16.2. The fourth-order valence-electron chi connectivity index (χ4n) is 4.18. The monoisotopic (exact) mass is 339 g/mol. The number of rotatable bonds is 2. The summed E-state index contributed by atoms with van der Waals surface area (Å²) in [6.07, 6.45) is 3.47. The SMILES string of the molecule is C[C@@H]1[C@H](C)CCC[C@@H]1NC(=O)c1nn(C)c2c1COc1ccccc1-2. The quantitative estimate of drug-likeness (QED) is 0.910. The smallest absolute Gasteiger partial charge is 0.272 e. The molecule has 132 valence electrons. The Morgan fingerprint density at radius 2 is 2.08 bits per heavy atom. The van der Waals surface area contributed by atoms with E-state index in [0.29, 0.717) is 24.1 Å². The molecule has 2 aliphatic rings. The maximum atomic E-state index is 12.9. The number of nitrogens with one attached hydrogen (secondary N) is 1. The summed E-state index contributed by atoms with van der Waals surface area (Å²) in [6.45, 7) is 4.90. The van der Waals surface area contributed by atoms with E-state index >= 15 is 0 Å². The van der Waals surface area contributed by atoms with Gasteiger partial charge in [-0.2, -0.15) is 5.10 Å². The molecule has 1 aliphatic carbocycles. The van der Waals surface area contributed by atoms with Crippen molar-refractivity contribution in [3.63, 3.8) is 0 Å². The molecule has 2 aromatic rings. The summed E-state index contributed by atoms with van der Waals surface area (Å²) in [6, 6.07) is 8.14. The van der Waals surface area contributed by atoms with E-state index < -0.39 is 0 Å². The van der Waals surface area contributed by atoms with E-state index in [0.717, 1.165) is 29.0 Å². The van der Waals surface area contributed by atoms with Gasteiger partial charge >= 0.3 is 0 Å². The number of amides is 1. The second-order valence-corrected chi connectivity index (χ2v) is 7.43. The van der Waals surface area contributed by atoms with Gasteiger partial charge in [-0.1, -0.05) is 38.8 Å². The summed E-state index contributed by atoms with van der Waals surface area (Å²) in [5, 5.41) is 7.76. The minimum absolute atomic E-state index is 0.0780. The van der Waals surface area contributed by atoms with Crippen molar-refractivity contribution in [2.24, 2.45) is 18.9 Å². The molecule has 1 aromatic heterocycles. The molecule has 0 radical (unpaired) electrons. The van der Waals surface area contributed by atoms with Crippen molar-refractivity contribution in [1.82, 2.24) is 15.1 Å². The fraction of sp³-hybridized carbons (Fsp3) is 0.500. The van der Waals surface area contributed by atoms with Gasteiger partial charge in [0.2, 0.25) is 0 Å². The third-order valence-corrected chi connectivity index (χ3v) is 5.90. The molecule has 2 heterocycles. The Kier molecular flexibility index (Phi) is 4.02. The number of hydrogen-bond acceptors (Lipinski definition) is 3. The van der Waals surface area contributed by atoms with Crippen molar-refractivity contribution >= 4 is 5.91 Å². The van der Waals surface area contributed by atoms with Gasteiger partial charge in [-0.15, -0.1) is 0 Å².